The molecule has 0 bridgehead atoms. The number of likely N-dealkylation sites (N-methyl/N-ethyl adjacent to an activating group) is 1. The van der Waals surface area contributed by atoms with E-state index in [4.69, 9.17) is 4.98 Å². The Morgan fingerprint density at radius 2 is 1.77 bits per heavy atom. The van der Waals surface area contributed by atoms with Crippen molar-refractivity contribution in [1.29, 1.82) is 0 Å². The second-order valence-corrected chi connectivity index (χ2v) is 11.3. The lowest BCUT2D eigenvalue weighted by atomic mass is 9.92. The minimum absolute atomic E-state index is 0.0618. The molecule has 0 saturated carbocycles. The average Bonchev–Trinajstić information content (AvgIpc) is 3.44. The molecule has 5 aromatic rings. The molecule has 0 spiro atoms. The first-order valence-corrected chi connectivity index (χ1v) is 14.7. The highest BCUT2D eigenvalue weighted by atomic mass is 19.1. The number of nitrogens with zero attached hydrogens (tertiary/aromatic N) is 4. The topological polar surface area (TPSA) is 111 Å². The number of carbonyl (C=O) groups is 1. The fraction of sp³-hybridized carbons (Fsp3) is 0.235. The number of benzene rings is 2. The van der Waals surface area contributed by atoms with E-state index in [0.717, 1.165) is 62.5 Å². The number of fused-ring (bicyclic) bond motifs is 2. The molecule has 0 radical (unpaired) electrons. The van der Waals surface area contributed by atoms with Crippen molar-refractivity contribution >= 4 is 39.6 Å². The number of aromatic nitrogens is 4. The van der Waals surface area contributed by atoms with Crippen LogP contribution in [0.15, 0.2) is 72.8 Å². The Morgan fingerprint density at radius 3 is 2.59 bits per heavy atom. The second-order valence-electron chi connectivity index (χ2n) is 11.3. The molecular formula is C34H35FN8O. The second kappa shape index (κ2) is 12.3. The number of pyridine rings is 2. The lowest BCUT2D eigenvalue weighted by Gasteiger charge is -2.23. The third-order valence-electron chi connectivity index (χ3n) is 7.66. The number of aromatic amines is 1. The van der Waals surface area contributed by atoms with Crippen LogP contribution in [0.5, 0.6) is 0 Å². The van der Waals surface area contributed by atoms with Crippen LogP contribution in [0, 0.1) is 5.82 Å². The number of imidazole rings is 1. The first-order chi connectivity index (χ1) is 21.3. The molecule has 1 amide bonds. The quantitative estimate of drug-likeness (QED) is 0.157. The van der Waals surface area contributed by atoms with E-state index in [9.17, 15) is 9.18 Å². The van der Waals surface area contributed by atoms with Gasteiger partial charge in [0.25, 0.3) is 0 Å². The van der Waals surface area contributed by atoms with Gasteiger partial charge in [0.1, 0.15) is 11.6 Å². The van der Waals surface area contributed by atoms with Gasteiger partial charge >= 0.3 is 0 Å². The first-order valence-electron chi connectivity index (χ1n) is 14.7. The minimum Gasteiger partial charge on any atom is -0.384 e. The Balaban J connectivity index is 1.38. The molecule has 3 aromatic heterocycles. The fourth-order valence-corrected chi connectivity index (χ4v) is 5.41. The van der Waals surface area contributed by atoms with Crippen LogP contribution in [0.3, 0.4) is 0 Å². The molecule has 2 aromatic carbocycles. The maximum absolute atomic E-state index is 14.8. The van der Waals surface area contributed by atoms with Crippen molar-refractivity contribution in [3.63, 3.8) is 0 Å². The lowest BCUT2D eigenvalue weighted by Crippen LogP contribution is -2.20. The van der Waals surface area contributed by atoms with Crippen molar-refractivity contribution in [2.24, 2.45) is 0 Å². The molecule has 1 aliphatic rings. The molecule has 0 fully saturated rings. The zero-order chi connectivity index (χ0) is 30.8. The summed E-state index contributed by atoms with van der Waals surface area (Å²) < 4.78 is 14.8. The van der Waals surface area contributed by atoms with Crippen LogP contribution in [-0.4, -0.2) is 64.5 Å². The fourth-order valence-electron chi connectivity index (χ4n) is 5.41. The summed E-state index contributed by atoms with van der Waals surface area (Å²) in [7, 11) is 4.01. The number of H-pyrrole nitrogens is 1. The SMILES string of the molecule is CCC(=O)Nc1cncc(-c2ccc3c(c2)C(c2nc4c(-c5cc(F)cc(NCCN(C)C)c5)cncc4[nH]2)=C(C)CN3)c1. The van der Waals surface area contributed by atoms with Crippen molar-refractivity contribution < 1.29 is 9.18 Å². The molecule has 0 aliphatic carbocycles. The molecule has 1 aliphatic heterocycles. The minimum atomic E-state index is -0.325. The summed E-state index contributed by atoms with van der Waals surface area (Å²) >= 11 is 0. The average molecular weight is 591 g/mol. The summed E-state index contributed by atoms with van der Waals surface area (Å²) in [5, 5.41) is 9.71. The van der Waals surface area contributed by atoms with Crippen molar-refractivity contribution in [3.05, 3.63) is 90.0 Å². The maximum atomic E-state index is 14.8. The summed E-state index contributed by atoms with van der Waals surface area (Å²) in [6.45, 7) is 6.11. The standard InChI is InChI=1S/C34H35FN8O/c1-5-31(44)40-26-12-23(16-36-17-26)21-6-7-29-27(13-21)32(20(2)15-39-29)34-41-30-19-37-18-28(33(30)42-34)22-10-24(35)14-25(11-22)38-8-9-43(3)4/h6-7,10-14,16-19,38-39H,5,8-9,15H2,1-4H3,(H,40,44)(H,41,42). The zero-order valence-electron chi connectivity index (χ0n) is 25.3. The van der Waals surface area contributed by atoms with Crippen molar-refractivity contribution in [3.8, 4) is 22.3 Å². The van der Waals surface area contributed by atoms with Crippen LogP contribution >= 0.6 is 0 Å². The highest BCUT2D eigenvalue weighted by Gasteiger charge is 2.23. The predicted octanol–water partition coefficient (Wildman–Crippen LogP) is 6.40. The van der Waals surface area contributed by atoms with Gasteiger partial charge in [0, 0.05) is 72.1 Å². The lowest BCUT2D eigenvalue weighted by molar-refractivity contribution is -0.115. The summed E-state index contributed by atoms with van der Waals surface area (Å²) in [4.78, 5) is 31.4. The zero-order valence-corrected chi connectivity index (χ0v) is 25.3. The molecule has 0 saturated heterocycles. The van der Waals surface area contributed by atoms with Crippen LogP contribution in [0.2, 0.25) is 0 Å². The largest absolute Gasteiger partial charge is 0.384 e. The van der Waals surface area contributed by atoms with Gasteiger partial charge in [-0.05, 0) is 74.1 Å². The summed E-state index contributed by atoms with van der Waals surface area (Å²) in [6.07, 6.45) is 7.32. The monoisotopic (exact) mass is 590 g/mol. The van der Waals surface area contributed by atoms with E-state index >= 15 is 0 Å². The normalized spacial score (nSPS) is 12.8. The smallest absolute Gasteiger partial charge is 0.224 e. The Bertz CT molecular complexity index is 1890. The molecule has 224 valence electrons. The van der Waals surface area contributed by atoms with E-state index in [2.05, 4.69) is 54.9 Å². The van der Waals surface area contributed by atoms with Crippen molar-refractivity contribution in [2.45, 2.75) is 20.3 Å². The molecular weight excluding hydrogens is 555 g/mol. The van der Waals surface area contributed by atoms with Crippen LogP contribution < -0.4 is 16.0 Å². The molecule has 4 heterocycles. The molecule has 44 heavy (non-hydrogen) atoms. The number of rotatable bonds is 9. The van der Waals surface area contributed by atoms with Crippen LogP contribution in [0.1, 0.15) is 31.7 Å². The summed E-state index contributed by atoms with van der Waals surface area (Å²) in [5.41, 5.74) is 10.3. The van der Waals surface area contributed by atoms with Gasteiger partial charge in [-0.3, -0.25) is 14.8 Å². The van der Waals surface area contributed by atoms with Crippen molar-refractivity contribution in [2.75, 3.05) is 49.7 Å². The van der Waals surface area contributed by atoms with E-state index < -0.39 is 0 Å². The third kappa shape index (κ3) is 6.02. The molecule has 10 heteroatoms. The van der Waals surface area contributed by atoms with Crippen LogP contribution in [-0.2, 0) is 4.79 Å². The number of hydrogen-bond donors (Lipinski definition) is 4. The van der Waals surface area contributed by atoms with Gasteiger partial charge in [-0.25, -0.2) is 9.37 Å². The number of nitrogens with one attached hydrogen (secondary N) is 4. The Morgan fingerprint density at radius 1 is 0.955 bits per heavy atom. The van der Waals surface area contributed by atoms with Crippen LogP contribution in [0.25, 0.3) is 38.9 Å². The number of amides is 1. The molecule has 0 unspecified atom stereocenters. The molecule has 6 rings (SSSR count). The van der Waals surface area contributed by atoms with E-state index in [1.165, 1.54) is 12.1 Å². The Labute approximate surface area is 255 Å². The van der Waals surface area contributed by atoms with E-state index in [1.807, 2.05) is 39.2 Å². The van der Waals surface area contributed by atoms with Crippen LogP contribution in [0.4, 0.5) is 21.5 Å². The number of carbonyl (C=O) groups excluding carboxylic acids is 1. The predicted molar refractivity (Wildman–Crippen MR) is 175 cm³/mol. The van der Waals surface area contributed by atoms with E-state index in [1.54, 1.807) is 24.8 Å². The first kappa shape index (κ1) is 29.0. The third-order valence-corrected chi connectivity index (χ3v) is 7.66. The van der Waals surface area contributed by atoms with E-state index in [0.29, 0.717) is 36.4 Å². The van der Waals surface area contributed by atoms with Crippen molar-refractivity contribution in [1.82, 2.24) is 24.8 Å². The highest BCUT2D eigenvalue weighted by Crippen LogP contribution is 2.39. The number of halogens is 1. The maximum Gasteiger partial charge on any atom is 0.224 e. The van der Waals surface area contributed by atoms with Gasteiger partial charge in [0.15, 0.2) is 0 Å². The molecule has 0 atom stereocenters. The molecule has 4 N–H and O–H groups in total. The Hall–Kier alpha value is -5.09. The van der Waals surface area contributed by atoms with Gasteiger partial charge < -0.3 is 25.8 Å². The van der Waals surface area contributed by atoms with Gasteiger partial charge in [0.05, 0.1) is 29.1 Å². The Kier molecular flexibility index (Phi) is 8.08. The highest BCUT2D eigenvalue weighted by molar-refractivity contribution is 5.97. The van der Waals surface area contributed by atoms with Gasteiger partial charge in [0.2, 0.25) is 5.91 Å². The van der Waals surface area contributed by atoms with E-state index in [-0.39, 0.29) is 11.7 Å². The summed E-state index contributed by atoms with van der Waals surface area (Å²) in [5.74, 6) is 0.330. The molecule has 9 nitrogen and oxygen atoms in total. The summed E-state index contributed by atoms with van der Waals surface area (Å²) in [6, 6.07) is 13.1. The number of hydrogen-bond acceptors (Lipinski definition) is 7. The van der Waals surface area contributed by atoms with Gasteiger partial charge in [-0.15, -0.1) is 0 Å². The van der Waals surface area contributed by atoms with Gasteiger partial charge in [-0.1, -0.05) is 13.0 Å². The van der Waals surface area contributed by atoms with Gasteiger partial charge in [-0.2, -0.15) is 0 Å². The number of anilines is 3.